The van der Waals surface area contributed by atoms with Gasteiger partial charge in [0.25, 0.3) is 5.91 Å². The highest BCUT2D eigenvalue weighted by Gasteiger charge is 2.31. The highest BCUT2D eigenvalue weighted by Crippen LogP contribution is 2.37. The number of rotatable bonds is 7. The van der Waals surface area contributed by atoms with Gasteiger partial charge in [0.15, 0.2) is 6.10 Å². The molecule has 1 fully saturated rings. The smallest absolute Gasteiger partial charge is 0.261 e. The minimum atomic E-state index is -0.510. The quantitative estimate of drug-likeness (QED) is 0.760. The molecule has 1 N–H and O–H groups in total. The van der Waals surface area contributed by atoms with Gasteiger partial charge < -0.3 is 15.0 Å². The third kappa shape index (κ3) is 4.50. The lowest BCUT2D eigenvalue weighted by Gasteiger charge is -2.37. The number of carbonyl (C=O) groups excluding carboxylic acids is 2. The van der Waals surface area contributed by atoms with Crippen LogP contribution >= 0.6 is 0 Å². The van der Waals surface area contributed by atoms with Gasteiger partial charge in [0.1, 0.15) is 5.75 Å². The molecule has 0 radical (unpaired) electrons. The Morgan fingerprint density at radius 2 is 1.93 bits per heavy atom. The Morgan fingerprint density at radius 3 is 2.60 bits per heavy atom. The van der Waals surface area contributed by atoms with E-state index in [-0.39, 0.29) is 17.9 Å². The third-order valence-electron chi connectivity index (χ3n) is 6.07. The Kier molecular flexibility index (Phi) is 6.07. The number of amides is 2. The van der Waals surface area contributed by atoms with Crippen molar-refractivity contribution in [1.82, 2.24) is 10.2 Å². The fraction of sp³-hybridized carbons (Fsp3) is 0.440. The van der Waals surface area contributed by atoms with Crippen molar-refractivity contribution in [3.8, 4) is 5.75 Å². The lowest BCUT2D eigenvalue weighted by Crippen LogP contribution is -2.40. The van der Waals surface area contributed by atoms with Gasteiger partial charge in [-0.2, -0.15) is 0 Å². The molecule has 0 spiro atoms. The predicted molar refractivity (Wildman–Crippen MR) is 116 cm³/mol. The molecule has 2 unspecified atom stereocenters. The number of nitrogens with one attached hydrogen (secondary N) is 1. The van der Waals surface area contributed by atoms with E-state index in [2.05, 4.69) is 23.5 Å². The first-order chi connectivity index (χ1) is 14.6. The number of carbonyl (C=O) groups is 2. The Morgan fingerprint density at radius 1 is 1.17 bits per heavy atom. The number of hydrogen-bond acceptors (Lipinski definition) is 3. The molecule has 1 aliphatic carbocycles. The van der Waals surface area contributed by atoms with Gasteiger partial charge in [-0.25, -0.2) is 0 Å². The topological polar surface area (TPSA) is 58.6 Å². The minimum Gasteiger partial charge on any atom is -0.481 e. The summed E-state index contributed by atoms with van der Waals surface area (Å²) in [6.07, 6.45) is 3.32. The summed E-state index contributed by atoms with van der Waals surface area (Å²) in [5, 5.41) is 3.02. The Balaban J connectivity index is 1.59. The fourth-order valence-electron chi connectivity index (χ4n) is 4.17. The van der Waals surface area contributed by atoms with E-state index in [0.29, 0.717) is 24.6 Å². The highest BCUT2D eigenvalue weighted by molar-refractivity contribution is 5.81. The normalized spacial score (nSPS) is 19.0. The lowest BCUT2D eigenvalue weighted by molar-refractivity contribution is -0.131. The van der Waals surface area contributed by atoms with Crippen molar-refractivity contribution in [2.24, 2.45) is 5.92 Å². The highest BCUT2D eigenvalue weighted by atomic mass is 16.5. The average molecular weight is 407 g/mol. The van der Waals surface area contributed by atoms with Crippen molar-refractivity contribution in [2.45, 2.75) is 51.7 Å². The van der Waals surface area contributed by atoms with Crippen LogP contribution in [0.1, 0.15) is 55.8 Å². The maximum absolute atomic E-state index is 12.5. The number of fused-ring (bicyclic) bond motifs is 1. The molecule has 1 saturated carbocycles. The number of nitrogens with zero attached hydrogens (tertiary/aromatic N) is 1. The molecular weight excluding hydrogens is 376 g/mol. The van der Waals surface area contributed by atoms with Crippen molar-refractivity contribution in [3.05, 3.63) is 65.2 Å². The molecule has 2 aromatic rings. The maximum Gasteiger partial charge on any atom is 0.261 e. The second-order valence-corrected chi connectivity index (χ2v) is 8.34. The van der Waals surface area contributed by atoms with Crippen molar-refractivity contribution in [1.29, 1.82) is 0 Å². The summed E-state index contributed by atoms with van der Waals surface area (Å²) in [5.41, 5.74) is 3.38. The molecule has 4 rings (SSSR count). The summed E-state index contributed by atoms with van der Waals surface area (Å²) in [7, 11) is 0. The van der Waals surface area contributed by atoms with Crippen LogP contribution in [-0.4, -0.2) is 35.9 Å². The zero-order valence-electron chi connectivity index (χ0n) is 17.8. The van der Waals surface area contributed by atoms with E-state index in [1.807, 2.05) is 42.2 Å². The van der Waals surface area contributed by atoms with E-state index in [1.165, 1.54) is 18.4 Å². The molecule has 2 amide bonds. The third-order valence-corrected chi connectivity index (χ3v) is 6.07. The molecule has 2 aliphatic rings. The Labute approximate surface area is 178 Å². The molecule has 5 nitrogen and oxygen atoms in total. The monoisotopic (exact) mass is 406 g/mol. The Hall–Kier alpha value is -2.82. The van der Waals surface area contributed by atoms with Crippen molar-refractivity contribution >= 4 is 11.8 Å². The molecule has 5 heteroatoms. The Bertz CT molecular complexity index is 908. The molecule has 158 valence electrons. The van der Waals surface area contributed by atoms with Crippen LogP contribution in [0.15, 0.2) is 48.5 Å². The van der Waals surface area contributed by atoms with E-state index in [4.69, 9.17) is 4.74 Å². The van der Waals surface area contributed by atoms with Crippen LogP contribution in [0.3, 0.4) is 0 Å². The summed E-state index contributed by atoms with van der Waals surface area (Å²) in [6, 6.07) is 16.0. The zero-order chi connectivity index (χ0) is 21.1. The summed E-state index contributed by atoms with van der Waals surface area (Å²) < 4.78 is 6.11. The lowest BCUT2D eigenvalue weighted by atomic mass is 9.88. The van der Waals surface area contributed by atoms with Crippen LogP contribution in [0.2, 0.25) is 0 Å². The van der Waals surface area contributed by atoms with E-state index >= 15 is 0 Å². The first-order valence-electron chi connectivity index (χ1n) is 11.0. The molecular formula is C25H30N2O3. The van der Waals surface area contributed by atoms with Gasteiger partial charge in [-0.3, -0.25) is 9.59 Å². The van der Waals surface area contributed by atoms with E-state index in [9.17, 15) is 9.59 Å². The van der Waals surface area contributed by atoms with Crippen LogP contribution < -0.4 is 10.1 Å². The van der Waals surface area contributed by atoms with Gasteiger partial charge in [-0.1, -0.05) is 43.3 Å². The second-order valence-electron chi connectivity index (χ2n) is 8.34. The molecule has 1 aliphatic heterocycles. The predicted octanol–water partition coefficient (Wildman–Crippen LogP) is 3.86. The van der Waals surface area contributed by atoms with Gasteiger partial charge >= 0.3 is 0 Å². The van der Waals surface area contributed by atoms with Crippen molar-refractivity contribution in [3.63, 3.8) is 0 Å². The molecule has 0 saturated heterocycles. The number of benzene rings is 2. The summed E-state index contributed by atoms with van der Waals surface area (Å²) in [4.78, 5) is 26.8. The van der Waals surface area contributed by atoms with Gasteiger partial charge in [-0.15, -0.1) is 0 Å². The molecule has 0 aromatic heterocycles. The maximum atomic E-state index is 12.5. The van der Waals surface area contributed by atoms with E-state index in [0.717, 1.165) is 24.1 Å². The van der Waals surface area contributed by atoms with Crippen molar-refractivity contribution in [2.75, 3.05) is 13.1 Å². The fourth-order valence-corrected chi connectivity index (χ4v) is 4.17. The van der Waals surface area contributed by atoms with Gasteiger partial charge in [0.2, 0.25) is 5.91 Å². The van der Waals surface area contributed by atoms with E-state index < -0.39 is 6.10 Å². The minimum absolute atomic E-state index is 0.0490. The second kappa shape index (κ2) is 8.90. The molecule has 2 aromatic carbocycles. The summed E-state index contributed by atoms with van der Waals surface area (Å²) >= 11 is 0. The van der Waals surface area contributed by atoms with Crippen LogP contribution in [0.4, 0.5) is 0 Å². The molecule has 0 bridgehead atoms. The average Bonchev–Trinajstić information content (AvgIpc) is 3.60. The van der Waals surface area contributed by atoms with Gasteiger partial charge in [0, 0.05) is 20.0 Å². The standard InChI is InChI=1S/C25H30N2O3/c1-3-23(25(29)26-16-18-9-10-18)30-21-12-11-19-13-14-27(17(2)28)24(22(19)15-21)20-7-5-4-6-8-20/h4-8,11-12,15,18,23-24H,3,9-10,13-14,16H2,1-2H3,(H,26,29). The van der Waals surface area contributed by atoms with Crippen LogP contribution in [0.5, 0.6) is 5.75 Å². The van der Waals surface area contributed by atoms with E-state index in [1.54, 1.807) is 6.92 Å². The SMILES string of the molecule is CCC(Oc1ccc2c(c1)C(c1ccccc1)N(C(C)=O)CC2)C(=O)NCC1CC1. The van der Waals surface area contributed by atoms with Crippen LogP contribution in [-0.2, 0) is 16.0 Å². The van der Waals surface area contributed by atoms with Gasteiger partial charge in [-0.05, 0) is 60.4 Å². The first kappa shape index (κ1) is 20.5. The van der Waals surface area contributed by atoms with Gasteiger partial charge in [0.05, 0.1) is 6.04 Å². The largest absolute Gasteiger partial charge is 0.481 e. The summed E-state index contributed by atoms with van der Waals surface area (Å²) in [6.45, 7) is 5.03. The number of ether oxygens (including phenoxy) is 1. The zero-order valence-corrected chi connectivity index (χ0v) is 17.8. The first-order valence-corrected chi connectivity index (χ1v) is 11.0. The number of hydrogen-bond donors (Lipinski definition) is 1. The molecule has 30 heavy (non-hydrogen) atoms. The molecule has 2 atom stereocenters. The van der Waals surface area contributed by atoms with Crippen molar-refractivity contribution < 1.29 is 14.3 Å². The summed E-state index contributed by atoms with van der Waals surface area (Å²) in [5.74, 6) is 1.33. The van der Waals surface area contributed by atoms with Crippen LogP contribution in [0.25, 0.3) is 0 Å². The molecule has 1 heterocycles. The van der Waals surface area contributed by atoms with Crippen LogP contribution in [0, 0.1) is 5.92 Å².